The first-order chi connectivity index (χ1) is 14.7. The van der Waals surface area contributed by atoms with E-state index in [4.69, 9.17) is 9.47 Å². The number of aromatic nitrogens is 3. The number of nitrogens with zero attached hydrogens (tertiary/aromatic N) is 4. The molecule has 0 atom stereocenters. The fourth-order valence-corrected chi connectivity index (χ4v) is 3.96. The third-order valence-corrected chi connectivity index (χ3v) is 5.34. The SMILES string of the molecule is CCOc1ccccc1NC(=O)N1CCC(n2c(COC)nc3cccnc32)CC1. The second kappa shape index (κ2) is 9.13. The first-order valence-electron chi connectivity index (χ1n) is 10.3. The molecule has 8 heteroatoms. The van der Waals surface area contributed by atoms with Crippen LogP contribution in [0.3, 0.4) is 0 Å². The number of imidazole rings is 1. The van der Waals surface area contributed by atoms with Crippen molar-refractivity contribution in [3.8, 4) is 5.75 Å². The summed E-state index contributed by atoms with van der Waals surface area (Å²) in [5.41, 5.74) is 2.44. The lowest BCUT2D eigenvalue weighted by Crippen LogP contribution is -2.41. The predicted octanol–water partition coefficient (Wildman–Crippen LogP) is 3.85. The summed E-state index contributed by atoms with van der Waals surface area (Å²) in [6.07, 6.45) is 3.45. The van der Waals surface area contributed by atoms with Gasteiger partial charge < -0.3 is 24.3 Å². The molecule has 0 bridgehead atoms. The van der Waals surface area contributed by atoms with Crippen LogP contribution < -0.4 is 10.1 Å². The summed E-state index contributed by atoms with van der Waals surface area (Å²) in [6.45, 7) is 4.23. The lowest BCUT2D eigenvalue weighted by molar-refractivity contribution is 0.162. The van der Waals surface area contributed by atoms with Crippen molar-refractivity contribution >= 4 is 22.9 Å². The third kappa shape index (κ3) is 4.09. The second-order valence-electron chi connectivity index (χ2n) is 7.25. The zero-order chi connectivity index (χ0) is 20.9. The van der Waals surface area contributed by atoms with Crippen LogP contribution in [0.25, 0.3) is 11.2 Å². The number of carbonyl (C=O) groups is 1. The van der Waals surface area contributed by atoms with E-state index < -0.39 is 0 Å². The summed E-state index contributed by atoms with van der Waals surface area (Å²) in [6, 6.07) is 11.5. The molecule has 158 valence electrons. The molecule has 1 N–H and O–H groups in total. The number of benzene rings is 1. The van der Waals surface area contributed by atoms with Crippen molar-refractivity contribution in [3.05, 3.63) is 48.4 Å². The molecule has 3 aromatic rings. The van der Waals surface area contributed by atoms with Gasteiger partial charge in [-0.25, -0.2) is 14.8 Å². The zero-order valence-electron chi connectivity index (χ0n) is 17.4. The van der Waals surface area contributed by atoms with E-state index in [-0.39, 0.29) is 12.1 Å². The number of ether oxygens (including phenoxy) is 2. The van der Waals surface area contributed by atoms with Gasteiger partial charge in [-0.05, 0) is 44.0 Å². The van der Waals surface area contributed by atoms with Crippen LogP contribution in [0, 0.1) is 0 Å². The molecule has 4 rings (SSSR count). The molecule has 1 aromatic carbocycles. The minimum atomic E-state index is -0.105. The van der Waals surface area contributed by atoms with Gasteiger partial charge in [-0.3, -0.25) is 0 Å². The number of para-hydroxylation sites is 2. The van der Waals surface area contributed by atoms with Crippen LogP contribution in [-0.2, 0) is 11.3 Å². The van der Waals surface area contributed by atoms with E-state index >= 15 is 0 Å². The Morgan fingerprint density at radius 3 is 2.77 bits per heavy atom. The highest BCUT2D eigenvalue weighted by Gasteiger charge is 2.27. The molecule has 1 fully saturated rings. The van der Waals surface area contributed by atoms with Gasteiger partial charge in [0.2, 0.25) is 0 Å². The van der Waals surface area contributed by atoms with E-state index in [1.807, 2.05) is 48.2 Å². The van der Waals surface area contributed by atoms with Crippen molar-refractivity contribution < 1.29 is 14.3 Å². The summed E-state index contributed by atoms with van der Waals surface area (Å²) < 4.78 is 13.1. The van der Waals surface area contributed by atoms with Gasteiger partial charge in [0.05, 0.1) is 12.3 Å². The smallest absolute Gasteiger partial charge is 0.321 e. The van der Waals surface area contributed by atoms with Gasteiger partial charge in [0, 0.05) is 32.4 Å². The fraction of sp³-hybridized carbons (Fsp3) is 0.409. The number of carbonyl (C=O) groups excluding carboxylic acids is 1. The second-order valence-corrected chi connectivity index (χ2v) is 7.25. The number of fused-ring (bicyclic) bond motifs is 1. The highest BCUT2D eigenvalue weighted by atomic mass is 16.5. The van der Waals surface area contributed by atoms with Crippen molar-refractivity contribution in [1.29, 1.82) is 0 Å². The molecule has 2 amide bonds. The molecule has 0 saturated carbocycles. The van der Waals surface area contributed by atoms with E-state index in [1.54, 1.807) is 13.3 Å². The largest absolute Gasteiger partial charge is 0.492 e. The van der Waals surface area contributed by atoms with E-state index in [9.17, 15) is 4.79 Å². The predicted molar refractivity (Wildman–Crippen MR) is 115 cm³/mol. The van der Waals surface area contributed by atoms with Crippen LogP contribution in [0.2, 0.25) is 0 Å². The van der Waals surface area contributed by atoms with E-state index in [1.165, 1.54) is 0 Å². The van der Waals surface area contributed by atoms with Gasteiger partial charge in [0.15, 0.2) is 5.65 Å². The number of anilines is 1. The quantitative estimate of drug-likeness (QED) is 0.669. The molecule has 30 heavy (non-hydrogen) atoms. The summed E-state index contributed by atoms with van der Waals surface area (Å²) in [5, 5.41) is 2.99. The number of likely N-dealkylation sites (tertiary alicyclic amines) is 1. The number of pyridine rings is 1. The van der Waals surface area contributed by atoms with Gasteiger partial charge in [-0.2, -0.15) is 0 Å². The number of rotatable bonds is 6. The normalized spacial score (nSPS) is 14.8. The minimum Gasteiger partial charge on any atom is -0.492 e. The molecule has 0 unspecified atom stereocenters. The number of urea groups is 1. The Bertz CT molecular complexity index is 1010. The van der Waals surface area contributed by atoms with Crippen molar-refractivity contribution in [3.63, 3.8) is 0 Å². The zero-order valence-corrected chi connectivity index (χ0v) is 17.4. The Morgan fingerprint density at radius 1 is 1.20 bits per heavy atom. The number of hydrogen-bond acceptors (Lipinski definition) is 5. The molecule has 1 saturated heterocycles. The van der Waals surface area contributed by atoms with E-state index in [2.05, 4.69) is 19.9 Å². The number of nitrogens with one attached hydrogen (secondary N) is 1. The number of hydrogen-bond donors (Lipinski definition) is 1. The molecule has 0 spiro atoms. The summed E-state index contributed by atoms with van der Waals surface area (Å²) in [5.74, 6) is 1.56. The first kappa shape index (κ1) is 20.2. The van der Waals surface area contributed by atoms with Gasteiger partial charge in [0.1, 0.15) is 23.7 Å². The molecule has 2 aromatic heterocycles. The highest BCUT2D eigenvalue weighted by Crippen LogP contribution is 2.29. The van der Waals surface area contributed by atoms with Crippen molar-refractivity contribution in [2.45, 2.75) is 32.4 Å². The van der Waals surface area contributed by atoms with Crippen LogP contribution in [0.15, 0.2) is 42.6 Å². The average Bonchev–Trinajstić information content (AvgIpc) is 3.13. The van der Waals surface area contributed by atoms with Gasteiger partial charge in [0.25, 0.3) is 0 Å². The summed E-state index contributed by atoms with van der Waals surface area (Å²) in [4.78, 5) is 23.9. The van der Waals surface area contributed by atoms with Crippen LogP contribution in [0.5, 0.6) is 5.75 Å². The molecule has 3 heterocycles. The van der Waals surface area contributed by atoms with Gasteiger partial charge in [-0.15, -0.1) is 0 Å². The average molecular weight is 409 g/mol. The molecule has 0 radical (unpaired) electrons. The molecule has 1 aliphatic rings. The van der Waals surface area contributed by atoms with Gasteiger partial charge >= 0.3 is 6.03 Å². The molecule has 8 nitrogen and oxygen atoms in total. The Morgan fingerprint density at radius 2 is 2.00 bits per heavy atom. The molecular weight excluding hydrogens is 382 g/mol. The van der Waals surface area contributed by atoms with Crippen LogP contribution in [-0.4, -0.2) is 52.3 Å². The van der Waals surface area contributed by atoms with E-state index in [0.717, 1.165) is 29.8 Å². The maximum Gasteiger partial charge on any atom is 0.321 e. The third-order valence-electron chi connectivity index (χ3n) is 5.34. The molecule has 1 aliphatic heterocycles. The Labute approximate surface area is 175 Å². The Hall–Kier alpha value is -3.13. The lowest BCUT2D eigenvalue weighted by atomic mass is 10.0. The molecule has 0 aliphatic carbocycles. The standard InChI is InChI=1S/C22H27N5O3/c1-3-30-19-9-5-4-7-17(19)25-22(28)26-13-10-16(11-14-26)27-20(15-29-2)24-18-8-6-12-23-21(18)27/h4-9,12,16H,3,10-11,13-15H2,1-2H3,(H,25,28). The fourth-order valence-electron chi connectivity index (χ4n) is 3.96. The monoisotopic (exact) mass is 409 g/mol. The topological polar surface area (TPSA) is 81.5 Å². The van der Waals surface area contributed by atoms with Crippen molar-refractivity contribution in [2.75, 3.05) is 32.1 Å². The summed E-state index contributed by atoms with van der Waals surface area (Å²) in [7, 11) is 1.67. The Kier molecular flexibility index (Phi) is 6.13. The number of amides is 2. The van der Waals surface area contributed by atoms with Crippen LogP contribution in [0.1, 0.15) is 31.6 Å². The van der Waals surface area contributed by atoms with Crippen LogP contribution in [0.4, 0.5) is 10.5 Å². The van der Waals surface area contributed by atoms with Gasteiger partial charge in [-0.1, -0.05) is 12.1 Å². The highest BCUT2D eigenvalue weighted by molar-refractivity contribution is 5.91. The first-order valence-corrected chi connectivity index (χ1v) is 10.3. The number of piperidine rings is 1. The van der Waals surface area contributed by atoms with E-state index in [0.29, 0.717) is 37.7 Å². The van der Waals surface area contributed by atoms with Crippen molar-refractivity contribution in [1.82, 2.24) is 19.4 Å². The van der Waals surface area contributed by atoms with Crippen LogP contribution >= 0.6 is 0 Å². The molecular formula is C22H27N5O3. The summed E-state index contributed by atoms with van der Waals surface area (Å²) >= 11 is 0. The Balaban J connectivity index is 1.45. The maximum absolute atomic E-state index is 12.8. The minimum absolute atomic E-state index is 0.105. The lowest BCUT2D eigenvalue weighted by Gasteiger charge is -2.33. The maximum atomic E-state index is 12.8. The van der Waals surface area contributed by atoms with Crippen molar-refractivity contribution in [2.24, 2.45) is 0 Å². The number of methoxy groups -OCH3 is 1.